The van der Waals surface area contributed by atoms with Crippen molar-refractivity contribution in [3.8, 4) is 0 Å². The molecule has 1 saturated carbocycles. The van der Waals surface area contributed by atoms with Crippen LogP contribution in [-0.4, -0.2) is 25.0 Å². The maximum absolute atomic E-state index is 13.3. The Bertz CT molecular complexity index is 830. The average Bonchev–Trinajstić information content (AvgIpc) is 3.37. The first-order valence-electron chi connectivity index (χ1n) is 8.58. The predicted molar refractivity (Wildman–Crippen MR) is 101 cm³/mol. The number of carbonyl (C=O) groups excluding carboxylic acids is 2. The zero-order valence-electron chi connectivity index (χ0n) is 14.7. The number of hydrogen-bond donors (Lipinski definition) is 2. The van der Waals surface area contributed by atoms with Crippen molar-refractivity contribution >= 4 is 33.9 Å². The lowest BCUT2D eigenvalue weighted by Gasteiger charge is -2.11. The van der Waals surface area contributed by atoms with Gasteiger partial charge in [-0.25, -0.2) is 9.18 Å². The van der Waals surface area contributed by atoms with Crippen LogP contribution in [0.25, 0.3) is 0 Å². The van der Waals surface area contributed by atoms with Crippen molar-refractivity contribution in [3.63, 3.8) is 0 Å². The van der Waals surface area contributed by atoms with E-state index in [1.54, 1.807) is 13.0 Å². The lowest BCUT2D eigenvalue weighted by molar-refractivity contribution is -0.114. The molecule has 7 heteroatoms. The molecule has 1 aromatic carbocycles. The normalized spacial score (nSPS) is 13.3. The topological polar surface area (TPSA) is 67.4 Å². The first-order chi connectivity index (χ1) is 12.5. The molecule has 1 aliphatic carbocycles. The fourth-order valence-corrected chi connectivity index (χ4v) is 3.75. The molecule has 1 heterocycles. The molecule has 0 saturated heterocycles. The maximum atomic E-state index is 13.3. The molecule has 0 spiro atoms. The third-order valence-electron chi connectivity index (χ3n) is 4.21. The minimum absolute atomic E-state index is 0.0246. The molecule has 26 heavy (non-hydrogen) atoms. The standard InChI is InChI=1S/C19H21FN2O3S/c1-3-25-19(24)17-14(12-5-6-12)10-26-18(17)22-16(23)9-21-15-8-13(20)7-4-11(15)2/h4,7-8,10,12,21H,3,5-6,9H2,1-2H3,(H,22,23). The SMILES string of the molecule is CCOC(=O)c1c(C2CC2)csc1NC(=O)CNc1cc(F)ccc1C. The number of benzene rings is 1. The highest BCUT2D eigenvalue weighted by Crippen LogP contribution is 2.46. The van der Waals surface area contributed by atoms with Crippen LogP contribution in [0.5, 0.6) is 0 Å². The molecule has 2 N–H and O–H groups in total. The number of anilines is 2. The minimum atomic E-state index is -0.403. The van der Waals surface area contributed by atoms with Crippen molar-refractivity contribution in [2.75, 3.05) is 23.8 Å². The van der Waals surface area contributed by atoms with E-state index >= 15 is 0 Å². The highest BCUT2D eigenvalue weighted by Gasteiger charge is 2.32. The average molecular weight is 376 g/mol. The van der Waals surface area contributed by atoms with Gasteiger partial charge < -0.3 is 15.4 Å². The van der Waals surface area contributed by atoms with Crippen molar-refractivity contribution < 1.29 is 18.7 Å². The Kier molecular flexibility index (Phi) is 5.56. The van der Waals surface area contributed by atoms with Crippen molar-refractivity contribution in [2.45, 2.75) is 32.6 Å². The fraction of sp³-hybridized carbons (Fsp3) is 0.368. The number of nitrogens with one attached hydrogen (secondary N) is 2. The summed E-state index contributed by atoms with van der Waals surface area (Å²) in [5.41, 5.74) is 2.83. The van der Waals surface area contributed by atoms with Gasteiger partial charge in [0, 0.05) is 5.69 Å². The lowest BCUT2D eigenvalue weighted by atomic mass is 10.1. The molecule has 0 radical (unpaired) electrons. The van der Waals surface area contributed by atoms with Gasteiger partial charge >= 0.3 is 5.97 Å². The van der Waals surface area contributed by atoms with Crippen LogP contribution in [0, 0.1) is 12.7 Å². The van der Waals surface area contributed by atoms with Crippen LogP contribution in [0.1, 0.15) is 47.2 Å². The number of thiophene rings is 1. The molecule has 3 rings (SSSR count). The molecule has 5 nitrogen and oxygen atoms in total. The van der Waals surface area contributed by atoms with E-state index in [0.717, 1.165) is 24.0 Å². The third-order valence-corrected chi connectivity index (χ3v) is 5.12. The molecule has 0 unspecified atom stereocenters. The molecule has 1 amide bonds. The lowest BCUT2D eigenvalue weighted by Crippen LogP contribution is -2.23. The van der Waals surface area contributed by atoms with Gasteiger partial charge in [0.1, 0.15) is 10.8 Å². The van der Waals surface area contributed by atoms with Gasteiger partial charge in [0.15, 0.2) is 0 Å². The first kappa shape index (κ1) is 18.4. The Morgan fingerprint density at radius 1 is 1.35 bits per heavy atom. The highest BCUT2D eigenvalue weighted by atomic mass is 32.1. The summed E-state index contributed by atoms with van der Waals surface area (Å²) in [6.45, 7) is 3.85. The third kappa shape index (κ3) is 4.22. The number of ether oxygens (including phenoxy) is 1. The van der Waals surface area contributed by atoms with Crippen molar-refractivity contribution in [1.29, 1.82) is 0 Å². The number of carbonyl (C=O) groups is 2. The quantitative estimate of drug-likeness (QED) is 0.707. The van der Waals surface area contributed by atoms with E-state index in [0.29, 0.717) is 22.2 Å². The molecule has 2 aromatic rings. The van der Waals surface area contributed by atoms with E-state index in [1.807, 2.05) is 12.3 Å². The van der Waals surface area contributed by atoms with E-state index in [2.05, 4.69) is 10.6 Å². The summed E-state index contributed by atoms with van der Waals surface area (Å²) < 4.78 is 18.5. The summed E-state index contributed by atoms with van der Waals surface area (Å²) in [5.74, 6) is -0.692. The Balaban J connectivity index is 1.69. The van der Waals surface area contributed by atoms with Gasteiger partial charge in [-0.3, -0.25) is 4.79 Å². The molecular weight excluding hydrogens is 355 g/mol. The van der Waals surface area contributed by atoms with Gasteiger partial charge in [-0.2, -0.15) is 0 Å². The number of esters is 1. The van der Waals surface area contributed by atoms with Crippen LogP contribution in [0.2, 0.25) is 0 Å². The number of rotatable bonds is 7. The van der Waals surface area contributed by atoms with Crippen LogP contribution < -0.4 is 10.6 Å². The van der Waals surface area contributed by atoms with E-state index in [4.69, 9.17) is 4.74 Å². The highest BCUT2D eigenvalue weighted by molar-refractivity contribution is 7.15. The van der Waals surface area contributed by atoms with Gasteiger partial charge in [-0.05, 0) is 61.2 Å². The number of amides is 1. The summed E-state index contributed by atoms with van der Waals surface area (Å²) >= 11 is 1.33. The Hall–Kier alpha value is -2.41. The number of halogens is 1. The summed E-state index contributed by atoms with van der Waals surface area (Å²) in [7, 11) is 0. The first-order valence-corrected chi connectivity index (χ1v) is 9.46. The number of aryl methyl sites for hydroxylation is 1. The molecule has 0 aliphatic heterocycles. The molecular formula is C19H21FN2O3S. The van der Waals surface area contributed by atoms with Gasteiger partial charge in [0.25, 0.3) is 0 Å². The smallest absolute Gasteiger partial charge is 0.341 e. The second-order valence-electron chi connectivity index (χ2n) is 6.25. The molecule has 0 atom stereocenters. The second kappa shape index (κ2) is 7.86. The van der Waals surface area contributed by atoms with Crippen LogP contribution >= 0.6 is 11.3 Å². The minimum Gasteiger partial charge on any atom is -0.462 e. The maximum Gasteiger partial charge on any atom is 0.341 e. The zero-order valence-corrected chi connectivity index (χ0v) is 15.5. The number of hydrogen-bond acceptors (Lipinski definition) is 5. The van der Waals surface area contributed by atoms with Gasteiger partial charge in [-0.15, -0.1) is 11.3 Å². The zero-order chi connectivity index (χ0) is 18.7. The summed E-state index contributed by atoms with van der Waals surface area (Å²) in [5, 5.41) is 8.13. The van der Waals surface area contributed by atoms with Gasteiger partial charge in [0.2, 0.25) is 5.91 Å². The molecule has 1 fully saturated rings. The van der Waals surface area contributed by atoms with Crippen LogP contribution in [0.4, 0.5) is 15.1 Å². The summed E-state index contributed by atoms with van der Waals surface area (Å²) in [6, 6.07) is 4.37. The molecule has 1 aromatic heterocycles. The summed E-state index contributed by atoms with van der Waals surface area (Å²) in [6.07, 6.45) is 2.11. The van der Waals surface area contributed by atoms with Crippen molar-refractivity contribution in [1.82, 2.24) is 0 Å². The Morgan fingerprint density at radius 2 is 2.12 bits per heavy atom. The van der Waals surface area contributed by atoms with E-state index < -0.39 is 5.97 Å². The van der Waals surface area contributed by atoms with Crippen LogP contribution in [0.3, 0.4) is 0 Å². The van der Waals surface area contributed by atoms with Gasteiger partial charge in [0.05, 0.1) is 18.7 Å². The summed E-state index contributed by atoms with van der Waals surface area (Å²) in [4.78, 5) is 24.6. The second-order valence-corrected chi connectivity index (χ2v) is 7.13. The van der Waals surface area contributed by atoms with Gasteiger partial charge in [-0.1, -0.05) is 6.07 Å². The van der Waals surface area contributed by atoms with Crippen LogP contribution in [-0.2, 0) is 9.53 Å². The molecule has 1 aliphatic rings. The van der Waals surface area contributed by atoms with Crippen LogP contribution in [0.15, 0.2) is 23.6 Å². The molecule has 138 valence electrons. The predicted octanol–water partition coefficient (Wildman–Crippen LogP) is 4.30. The van der Waals surface area contributed by atoms with Crippen molar-refractivity contribution in [3.05, 3.63) is 46.1 Å². The van der Waals surface area contributed by atoms with E-state index in [1.165, 1.54) is 23.5 Å². The Labute approximate surface area is 155 Å². The monoisotopic (exact) mass is 376 g/mol. The molecule has 0 bridgehead atoms. The van der Waals surface area contributed by atoms with E-state index in [9.17, 15) is 14.0 Å². The largest absolute Gasteiger partial charge is 0.462 e. The fourth-order valence-electron chi connectivity index (χ4n) is 2.70. The Morgan fingerprint density at radius 3 is 2.81 bits per heavy atom. The van der Waals surface area contributed by atoms with E-state index in [-0.39, 0.29) is 24.9 Å². The van der Waals surface area contributed by atoms with Crippen molar-refractivity contribution in [2.24, 2.45) is 0 Å².